The Labute approximate surface area is 186 Å². The Kier molecular flexibility index (Phi) is 8.72. The standard InChI is InChI=1S/C23H29BrN2O4/c1-6-25-23(28)17(4)26(13-18-7-9-19(29-5)10-8-18)21(27)14-30-20-11-15(2)22(24)16(3)12-20/h7-12,17H,6,13-14H2,1-5H3,(H,25,28). The number of benzene rings is 2. The lowest BCUT2D eigenvalue weighted by atomic mass is 10.1. The molecule has 1 unspecified atom stereocenters. The molecular formula is C23H29BrN2O4. The predicted molar refractivity (Wildman–Crippen MR) is 121 cm³/mol. The summed E-state index contributed by atoms with van der Waals surface area (Å²) in [6, 6.07) is 10.6. The van der Waals surface area contributed by atoms with Crippen molar-refractivity contribution >= 4 is 27.7 Å². The number of hydrogen-bond acceptors (Lipinski definition) is 4. The van der Waals surface area contributed by atoms with Gasteiger partial charge in [-0.1, -0.05) is 28.1 Å². The van der Waals surface area contributed by atoms with Crippen LogP contribution in [0.25, 0.3) is 0 Å². The minimum Gasteiger partial charge on any atom is -0.497 e. The topological polar surface area (TPSA) is 67.9 Å². The van der Waals surface area contributed by atoms with Gasteiger partial charge in [0.2, 0.25) is 5.91 Å². The highest BCUT2D eigenvalue weighted by atomic mass is 79.9. The molecule has 0 saturated heterocycles. The van der Waals surface area contributed by atoms with Crippen molar-refractivity contribution < 1.29 is 19.1 Å². The van der Waals surface area contributed by atoms with Gasteiger partial charge in [0.05, 0.1) is 7.11 Å². The lowest BCUT2D eigenvalue weighted by Crippen LogP contribution is -2.49. The Bertz CT molecular complexity index is 860. The number of amides is 2. The Balaban J connectivity index is 2.17. The fraction of sp³-hybridized carbons (Fsp3) is 0.391. The summed E-state index contributed by atoms with van der Waals surface area (Å²) < 4.78 is 12.0. The number of halogens is 1. The SMILES string of the molecule is CCNC(=O)C(C)N(Cc1ccc(OC)cc1)C(=O)COc1cc(C)c(Br)c(C)c1. The minimum absolute atomic E-state index is 0.152. The van der Waals surface area contributed by atoms with Crippen LogP contribution in [0.1, 0.15) is 30.5 Å². The van der Waals surface area contributed by atoms with Gasteiger partial charge in [-0.2, -0.15) is 0 Å². The van der Waals surface area contributed by atoms with Crippen molar-refractivity contribution in [3.63, 3.8) is 0 Å². The zero-order chi connectivity index (χ0) is 22.3. The minimum atomic E-state index is -0.628. The molecule has 0 bridgehead atoms. The van der Waals surface area contributed by atoms with Crippen LogP contribution in [0, 0.1) is 13.8 Å². The maximum absolute atomic E-state index is 13.0. The largest absolute Gasteiger partial charge is 0.497 e. The van der Waals surface area contributed by atoms with Gasteiger partial charge in [-0.05, 0) is 68.7 Å². The second-order valence-corrected chi connectivity index (χ2v) is 7.89. The van der Waals surface area contributed by atoms with E-state index in [0.717, 1.165) is 26.9 Å². The van der Waals surface area contributed by atoms with Gasteiger partial charge in [0.15, 0.2) is 6.61 Å². The molecule has 0 aliphatic carbocycles. The second kappa shape index (κ2) is 11.0. The Morgan fingerprint density at radius 3 is 2.23 bits per heavy atom. The van der Waals surface area contributed by atoms with Crippen LogP contribution in [0.5, 0.6) is 11.5 Å². The smallest absolute Gasteiger partial charge is 0.261 e. The number of ether oxygens (including phenoxy) is 2. The fourth-order valence-corrected chi connectivity index (χ4v) is 3.28. The van der Waals surface area contributed by atoms with Gasteiger partial charge in [0.1, 0.15) is 17.5 Å². The molecule has 0 aliphatic heterocycles. The number of nitrogens with zero attached hydrogens (tertiary/aromatic N) is 1. The first kappa shape index (κ1) is 23.7. The Morgan fingerprint density at radius 1 is 1.10 bits per heavy atom. The van der Waals surface area contributed by atoms with Crippen molar-refractivity contribution in [2.45, 2.75) is 40.3 Å². The predicted octanol–water partition coefficient (Wildman–Crippen LogP) is 4.01. The first-order chi connectivity index (χ1) is 14.3. The first-order valence-electron chi connectivity index (χ1n) is 9.86. The molecule has 2 aromatic carbocycles. The number of methoxy groups -OCH3 is 1. The summed E-state index contributed by atoms with van der Waals surface area (Å²) in [5.74, 6) is 0.895. The van der Waals surface area contributed by atoms with Crippen LogP contribution in [0.3, 0.4) is 0 Å². The summed E-state index contributed by atoms with van der Waals surface area (Å²) >= 11 is 3.53. The molecule has 0 spiro atoms. The van der Waals surface area contributed by atoms with Crippen LogP contribution >= 0.6 is 15.9 Å². The number of carbonyl (C=O) groups excluding carboxylic acids is 2. The van der Waals surface area contributed by atoms with Crippen LogP contribution in [0.15, 0.2) is 40.9 Å². The van der Waals surface area contributed by atoms with Gasteiger partial charge in [-0.3, -0.25) is 9.59 Å². The first-order valence-corrected chi connectivity index (χ1v) is 10.7. The molecule has 2 amide bonds. The van der Waals surface area contributed by atoms with E-state index in [4.69, 9.17) is 9.47 Å². The summed E-state index contributed by atoms with van der Waals surface area (Å²) in [5.41, 5.74) is 2.96. The van der Waals surface area contributed by atoms with E-state index in [-0.39, 0.29) is 18.4 Å². The molecule has 6 nitrogen and oxygen atoms in total. The average molecular weight is 477 g/mol. The zero-order valence-corrected chi connectivity index (χ0v) is 19.7. The van der Waals surface area contributed by atoms with Crippen molar-refractivity contribution in [2.24, 2.45) is 0 Å². The van der Waals surface area contributed by atoms with E-state index in [2.05, 4.69) is 21.2 Å². The van der Waals surface area contributed by atoms with E-state index in [0.29, 0.717) is 18.8 Å². The summed E-state index contributed by atoms with van der Waals surface area (Å²) in [5, 5.41) is 2.78. The summed E-state index contributed by atoms with van der Waals surface area (Å²) in [7, 11) is 1.60. The highest BCUT2D eigenvalue weighted by Gasteiger charge is 2.26. The lowest BCUT2D eigenvalue weighted by Gasteiger charge is -2.28. The van der Waals surface area contributed by atoms with Gasteiger partial charge in [0, 0.05) is 17.6 Å². The zero-order valence-electron chi connectivity index (χ0n) is 18.1. The number of likely N-dealkylation sites (N-methyl/N-ethyl adjacent to an activating group) is 1. The molecular weight excluding hydrogens is 448 g/mol. The fourth-order valence-electron chi connectivity index (χ4n) is 3.05. The van der Waals surface area contributed by atoms with Crippen LogP contribution in [0.2, 0.25) is 0 Å². The van der Waals surface area contributed by atoms with E-state index < -0.39 is 6.04 Å². The molecule has 30 heavy (non-hydrogen) atoms. The molecule has 0 aliphatic rings. The highest BCUT2D eigenvalue weighted by Crippen LogP contribution is 2.26. The third-order valence-corrected chi connectivity index (χ3v) is 6.05. The number of nitrogens with one attached hydrogen (secondary N) is 1. The Hall–Kier alpha value is -2.54. The molecule has 1 atom stereocenters. The second-order valence-electron chi connectivity index (χ2n) is 7.10. The van der Waals surface area contributed by atoms with Crippen molar-refractivity contribution in [1.29, 1.82) is 0 Å². The van der Waals surface area contributed by atoms with E-state index in [1.54, 1.807) is 14.0 Å². The maximum Gasteiger partial charge on any atom is 0.261 e. The van der Waals surface area contributed by atoms with E-state index in [1.807, 2.05) is 57.2 Å². The van der Waals surface area contributed by atoms with Gasteiger partial charge in [-0.25, -0.2) is 0 Å². The molecule has 7 heteroatoms. The Morgan fingerprint density at radius 2 is 1.70 bits per heavy atom. The summed E-state index contributed by atoms with van der Waals surface area (Å²) in [6.45, 7) is 8.16. The molecule has 2 aromatic rings. The van der Waals surface area contributed by atoms with Gasteiger partial charge >= 0.3 is 0 Å². The van der Waals surface area contributed by atoms with Gasteiger partial charge in [-0.15, -0.1) is 0 Å². The van der Waals surface area contributed by atoms with E-state index in [1.165, 1.54) is 4.90 Å². The number of aryl methyl sites for hydroxylation is 2. The van der Waals surface area contributed by atoms with Crippen molar-refractivity contribution in [3.05, 3.63) is 57.6 Å². The maximum atomic E-state index is 13.0. The average Bonchev–Trinajstić information content (AvgIpc) is 2.74. The van der Waals surface area contributed by atoms with Gasteiger partial charge < -0.3 is 19.7 Å². The molecule has 162 valence electrons. The van der Waals surface area contributed by atoms with Crippen LogP contribution in [-0.2, 0) is 16.1 Å². The highest BCUT2D eigenvalue weighted by molar-refractivity contribution is 9.10. The lowest BCUT2D eigenvalue weighted by molar-refractivity contribution is -0.142. The number of rotatable bonds is 9. The third-order valence-electron chi connectivity index (χ3n) is 4.80. The molecule has 0 aromatic heterocycles. The number of hydrogen-bond donors (Lipinski definition) is 1. The summed E-state index contributed by atoms with van der Waals surface area (Å²) in [6.07, 6.45) is 0. The van der Waals surface area contributed by atoms with Crippen LogP contribution < -0.4 is 14.8 Å². The molecule has 0 saturated carbocycles. The van der Waals surface area contributed by atoms with E-state index >= 15 is 0 Å². The van der Waals surface area contributed by atoms with Gasteiger partial charge in [0.25, 0.3) is 5.91 Å². The molecule has 1 N–H and O–H groups in total. The molecule has 0 fully saturated rings. The molecule has 0 radical (unpaired) electrons. The van der Waals surface area contributed by atoms with Crippen molar-refractivity contribution in [2.75, 3.05) is 20.3 Å². The van der Waals surface area contributed by atoms with Crippen molar-refractivity contribution in [1.82, 2.24) is 10.2 Å². The summed E-state index contributed by atoms with van der Waals surface area (Å²) in [4.78, 5) is 27.0. The quantitative estimate of drug-likeness (QED) is 0.593. The van der Waals surface area contributed by atoms with Crippen molar-refractivity contribution in [3.8, 4) is 11.5 Å². The van der Waals surface area contributed by atoms with Crippen LogP contribution in [-0.4, -0.2) is 43.0 Å². The molecule has 2 rings (SSSR count). The monoisotopic (exact) mass is 476 g/mol. The normalized spacial score (nSPS) is 11.5. The third kappa shape index (κ3) is 6.23. The number of carbonyl (C=O) groups is 2. The molecule has 0 heterocycles. The van der Waals surface area contributed by atoms with Crippen LogP contribution in [0.4, 0.5) is 0 Å². The van der Waals surface area contributed by atoms with E-state index in [9.17, 15) is 9.59 Å².